The molecule has 1 saturated heterocycles. The van der Waals surface area contributed by atoms with Gasteiger partial charge in [0.25, 0.3) is 0 Å². The molecule has 0 aromatic heterocycles. The van der Waals surface area contributed by atoms with Gasteiger partial charge in [0, 0.05) is 31.8 Å². The summed E-state index contributed by atoms with van der Waals surface area (Å²) in [5, 5.41) is 9.47. The van der Waals surface area contributed by atoms with Crippen LogP contribution < -0.4 is 9.47 Å². The molecule has 104 valence electrons. The predicted octanol–water partition coefficient (Wildman–Crippen LogP) is 0.997. The van der Waals surface area contributed by atoms with Crippen LogP contribution in [-0.4, -0.2) is 49.2 Å². The van der Waals surface area contributed by atoms with Crippen molar-refractivity contribution in [1.82, 2.24) is 4.90 Å². The van der Waals surface area contributed by atoms with Crippen LogP contribution in [0.2, 0.25) is 0 Å². The molecule has 5 heteroatoms. The van der Waals surface area contributed by atoms with Crippen molar-refractivity contribution in [2.75, 3.05) is 27.1 Å². The molecule has 3 rings (SSSR count). The summed E-state index contributed by atoms with van der Waals surface area (Å²) in [5.74, 6) is 1.64. The van der Waals surface area contributed by atoms with Gasteiger partial charge < -0.3 is 19.3 Å². The van der Waals surface area contributed by atoms with Crippen molar-refractivity contribution in [2.45, 2.75) is 25.1 Å². The van der Waals surface area contributed by atoms with Crippen LogP contribution in [0.4, 0.5) is 0 Å². The third kappa shape index (κ3) is 2.41. The molecule has 1 aromatic rings. The number of methoxy groups -OCH3 is 1. The molecule has 0 aliphatic carbocycles. The molecule has 1 fully saturated rings. The minimum atomic E-state index is 0.156. The van der Waals surface area contributed by atoms with E-state index >= 15 is 0 Å². The van der Waals surface area contributed by atoms with E-state index in [9.17, 15) is 5.11 Å². The smallest absolute Gasteiger partial charge is 0.231 e. The van der Waals surface area contributed by atoms with Crippen LogP contribution in [0.1, 0.15) is 12.0 Å². The first-order valence-electron chi connectivity index (χ1n) is 6.57. The van der Waals surface area contributed by atoms with Gasteiger partial charge in [0.15, 0.2) is 11.5 Å². The van der Waals surface area contributed by atoms with Crippen LogP contribution in [0.5, 0.6) is 11.5 Å². The van der Waals surface area contributed by atoms with Crippen molar-refractivity contribution in [3.8, 4) is 11.5 Å². The number of para-hydroxylation sites is 1. The Balaban J connectivity index is 1.76. The fourth-order valence-corrected chi connectivity index (χ4v) is 2.83. The van der Waals surface area contributed by atoms with Crippen LogP contribution in [0, 0.1) is 0 Å². The second-order valence-electron chi connectivity index (χ2n) is 5.01. The summed E-state index contributed by atoms with van der Waals surface area (Å²) in [7, 11) is 1.72. The largest absolute Gasteiger partial charge is 0.454 e. The van der Waals surface area contributed by atoms with Crippen molar-refractivity contribution in [3.05, 3.63) is 23.8 Å². The average molecular weight is 265 g/mol. The van der Waals surface area contributed by atoms with E-state index in [1.54, 1.807) is 7.11 Å². The van der Waals surface area contributed by atoms with E-state index in [2.05, 4.69) is 4.90 Å². The summed E-state index contributed by atoms with van der Waals surface area (Å²) in [4.78, 5) is 2.24. The number of ether oxygens (including phenoxy) is 3. The van der Waals surface area contributed by atoms with E-state index in [1.165, 1.54) is 0 Å². The lowest BCUT2D eigenvalue weighted by Gasteiger charge is -2.22. The zero-order valence-corrected chi connectivity index (χ0v) is 11.0. The van der Waals surface area contributed by atoms with E-state index in [0.29, 0.717) is 0 Å². The van der Waals surface area contributed by atoms with E-state index in [4.69, 9.17) is 14.2 Å². The highest BCUT2D eigenvalue weighted by Gasteiger charge is 2.32. The Kier molecular flexibility index (Phi) is 3.59. The number of hydrogen-bond acceptors (Lipinski definition) is 5. The van der Waals surface area contributed by atoms with Crippen LogP contribution in [0.15, 0.2) is 18.2 Å². The standard InChI is InChI=1S/C14H19NO4/c1-17-12-5-11(8-16)15(7-12)6-10-3-2-4-13-14(10)19-9-18-13/h2-4,11-12,16H,5-9H2,1H3/t11-,12-/m0/s1. The van der Waals surface area contributed by atoms with Gasteiger partial charge in [0.1, 0.15) is 0 Å². The molecule has 0 bridgehead atoms. The lowest BCUT2D eigenvalue weighted by molar-refractivity contribution is 0.107. The summed E-state index contributed by atoms with van der Waals surface area (Å²) in [6.07, 6.45) is 1.07. The molecule has 5 nitrogen and oxygen atoms in total. The van der Waals surface area contributed by atoms with Crippen LogP contribution in [0.3, 0.4) is 0 Å². The number of fused-ring (bicyclic) bond motifs is 1. The molecule has 0 spiro atoms. The predicted molar refractivity (Wildman–Crippen MR) is 69.3 cm³/mol. The highest BCUT2D eigenvalue weighted by atomic mass is 16.7. The Hall–Kier alpha value is -1.30. The monoisotopic (exact) mass is 265 g/mol. The average Bonchev–Trinajstić information content (AvgIpc) is 3.05. The molecule has 2 heterocycles. The van der Waals surface area contributed by atoms with Gasteiger partial charge in [-0.2, -0.15) is 0 Å². The molecule has 1 N–H and O–H groups in total. The van der Waals surface area contributed by atoms with Crippen LogP contribution in [-0.2, 0) is 11.3 Å². The lowest BCUT2D eigenvalue weighted by atomic mass is 10.1. The fourth-order valence-electron chi connectivity index (χ4n) is 2.83. The Labute approximate surface area is 112 Å². The molecule has 2 atom stereocenters. The summed E-state index contributed by atoms with van der Waals surface area (Å²) < 4.78 is 16.3. The lowest BCUT2D eigenvalue weighted by Crippen LogP contribution is -2.32. The summed E-state index contributed by atoms with van der Waals surface area (Å²) in [6, 6.07) is 6.09. The third-order valence-corrected chi connectivity index (χ3v) is 3.89. The topological polar surface area (TPSA) is 51.2 Å². The number of aliphatic hydroxyl groups is 1. The summed E-state index contributed by atoms with van der Waals surface area (Å²) in [5.41, 5.74) is 1.10. The maximum Gasteiger partial charge on any atom is 0.231 e. The Morgan fingerprint density at radius 3 is 3.11 bits per heavy atom. The molecular formula is C14H19NO4. The number of benzene rings is 1. The van der Waals surface area contributed by atoms with Crippen molar-refractivity contribution in [1.29, 1.82) is 0 Å². The number of aliphatic hydroxyl groups excluding tert-OH is 1. The Morgan fingerprint density at radius 1 is 1.42 bits per heavy atom. The molecular weight excluding hydrogens is 246 g/mol. The van der Waals surface area contributed by atoms with E-state index in [1.807, 2.05) is 18.2 Å². The minimum Gasteiger partial charge on any atom is -0.454 e. The number of likely N-dealkylation sites (tertiary alicyclic amines) is 1. The second kappa shape index (κ2) is 5.36. The van der Waals surface area contributed by atoms with E-state index in [-0.39, 0.29) is 25.5 Å². The maximum atomic E-state index is 9.47. The molecule has 0 saturated carbocycles. The maximum absolute atomic E-state index is 9.47. The normalized spacial score (nSPS) is 26.0. The fraction of sp³-hybridized carbons (Fsp3) is 0.571. The zero-order valence-electron chi connectivity index (χ0n) is 11.0. The first-order valence-corrected chi connectivity index (χ1v) is 6.57. The van der Waals surface area contributed by atoms with Crippen molar-refractivity contribution in [3.63, 3.8) is 0 Å². The molecule has 0 radical (unpaired) electrons. The number of rotatable bonds is 4. The number of hydrogen-bond donors (Lipinski definition) is 1. The van der Waals surface area contributed by atoms with Gasteiger partial charge in [-0.05, 0) is 12.5 Å². The van der Waals surface area contributed by atoms with Gasteiger partial charge in [-0.3, -0.25) is 4.90 Å². The van der Waals surface area contributed by atoms with Gasteiger partial charge >= 0.3 is 0 Å². The van der Waals surface area contributed by atoms with E-state index in [0.717, 1.165) is 36.6 Å². The van der Waals surface area contributed by atoms with E-state index < -0.39 is 0 Å². The molecule has 1 aromatic carbocycles. The van der Waals surface area contributed by atoms with Crippen molar-refractivity contribution < 1.29 is 19.3 Å². The highest BCUT2D eigenvalue weighted by molar-refractivity contribution is 5.48. The van der Waals surface area contributed by atoms with Crippen LogP contribution in [0.25, 0.3) is 0 Å². The highest BCUT2D eigenvalue weighted by Crippen LogP contribution is 2.36. The van der Waals surface area contributed by atoms with Gasteiger partial charge in [0.2, 0.25) is 6.79 Å². The van der Waals surface area contributed by atoms with Gasteiger partial charge in [-0.15, -0.1) is 0 Å². The molecule has 0 unspecified atom stereocenters. The molecule has 19 heavy (non-hydrogen) atoms. The number of nitrogens with zero attached hydrogens (tertiary/aromatic N) is 1. The minimum absolute atomic E-state index is 0.156. The van der Waals surface area contributed by atoms with Crippen molar-refractivity contribution >= 4 is 0 Å². The molecule has 0 amide bonds. The summed E-state index contributed by atoms with van der Waals surface area (Å²) in [6.45, 7) is 2.03. The quantitative estimate of drug-likeness (QED) is 0.880. The first-order chi connectivity index (χ1) is 9.31. The van der Waals surface area contributed by atoms with Crippen molar-refractivity contribution in [2.24, 2.45) is 0 Å². The SMILES string of the molecule is CO[C@H]1C[C@@H](CO)N(Cc2cccc3c2OCO3)C1. The zero-order chi connectivity index (χ0) is 13.2. The second-order valence-corrected chi connectivity index (χ2v) is 5.01. The first kappa shape index (κ1) is 12.7. The Bertz CT molecular complexity index is 451. The van der Waals surface area contributed by atoms with Gasteiger partial charge in [0.05, 0.1) is 12.7 Å². The summed E-state index contributed by atoms with van der Waals surface area (Å²) >= 11 is 0. The third-order valence-electron chi connectivity index (χ3n) is 3.89. The van der Waals surface area contributed by atoms with Crippen LogP contribution >= 0.6 is 0 Å². The van der Waals surface area contributed by atoms with Gasteiger partial charge in [-0.25, -0.2) is 0 Å². The molecule has 2 aliphatic heterocycles. The molecule has 2 aliphatic rings. The Morgan fingerprint density at radius 2 is 2.32 bits per heavy atom. The van der Waals surface area contributed by atoms with Gasteiger partial charge in [-0.1, -0.05) is 12.1 Å².